The van der Waals surface area contributed by atoms with E-state index in [1.54, 1.807) is 6.92 Å². The average Bonchev–Trinajstić information content (AvgIpc) is 3.40. The predicted molar refractivity (Wildman–Crippen MR) is 127 cm³/mol. The highest BCUT2D eigenvalue weighted by Crippen LogP contribution is 2.37. The van der Waals surface area contributed by atoms with Crippen molar-refractivity contribution in [2.24, 2.45) is 0 Å². The first-order valence-electron chi connectivity index (χ1n) is 10.7. The first-order chi connectivity index (χ1) is 17.3. The van der Waals surface area contributed by atoms with Crippen LogP contribution in [0.2, 0.25) is 5.02 Å². The van der Waals surface area contributed by atoms with Crippen molar-refractivity contribution in [2.75, 3.05) is 11.9 Å². The van der Waals surface area contributed by atoms with Crippen molar-refractivity contribution in [1.82, 2.24) is 19.2 Å². The summed E-state index contributed by atoms with van der Waals surface area (Å²) in [5.41, 5.74) is -0.0153. The zero-order valence-corrected chi connectivity index (χ0v) is 20.0. The summed E-state index contributed by atoms with van der Waals surface area (Å²) in [6.07, 6.45) is 0. The molecule has 2 amide bonds. The topological polar surface area (TPSA) is 115 Å². The van der Waals surface area contributed by atoms with Gasteiger partial charge in [0.05, 0.1) is 17.0 Å². The number of ether oxygens (including phenoxy) is 1. The summed E-state index contributed by atoms with van der Waals surface area (Å²) in [4.78, 5) is 42.6. The molecule has 4 aromatic rings. The number of esters is 1. The highest BCUT2D eigenvalue weighted by Gasteiger charge is 2.37. The lowest BCUT2D eigenvalue weighted by molar-refractivity contribution is -0.123. The first-order valence-corrected chi connectivity index (χ1v) is 11.8. The molecule has 0 radical (unpaired) electrons. The van der Waals surface area contributed by atoms with E-state index in [0.29, 0.717) is 4.70 Å². The molecule has 0 bridgehead atoms. The summed E-state index contributed by atoms with van der Waals surface area (Å²) in [6, 6.07) is 6.78. The Balaban J connectivity index is 1.65. The van der Waals surface area contributed by atoms with Gasteiger partial charge in [0.15, 0.2) is 5.82 Å². The van der Waals surface area contributed by atoms with E-state index >= 15 is 0 Å². The molecule has 9 nitrogen and oxygen atoms in total. The number of imidazole rings is 1. The van der Waals surface area contributed by atoms with Gasteiger partial charge in [-0.25, -0.2) is 18.6 Å². The number of rotatable bonds is 5. The van der Waals surface area contributed by atoms with Crippen molar-refractivity contribution < 1.29 is 27.9 Å². The van der Waals surface area contributed by atoms with Crippen LogP contribution in [0.3, 0.4) is 0 Å². The third kappa shape index (κ3) is 4.07. The maximum Gasteiger partial charge on any atom is 0.374 e. The van der Waals surface area contributed by atoms with Gasteiger partial charge in [-0.1, -0.05) is 17.7 Å². The highest BCUT2D eigenvalue weighted by atomic mass is 35.5. The number of nitrogens with zero attached hydrogens (tertiary/aromatic N) is 3. The Morgan fingerprint density at radius 3 is 2.86 bits per heavy atom. The molecule has 1 atom stereocenters. The van der Waals surface area contributed by atoms with Gasteiger partial charge >= 0.3 is 5.97 Å². The quantitative estimate of drug-likeness (QED) is 0.375. The molecule has 2 N–H and O–H groups in total. The smallest absolute Gasteiger partial charge is 0.374 e. The van der Waals surface area contributed by atoms with Gasteiger partial charge in [0.1, 0.15) is 29.9 Å². The van der Waals surface area contributed by atoms with E-state index in [-0.39, 0.29) is 52.2 Å². The monoisotopic (exact) mass is 531 g/mol. The van der Waals surface area contributed by atoms with E-state index in [2.05, 4.69) is 20.0 Å². The summed E-state index contributed by atoms with van der Waals surface area (Å²) in [6.45, 7) is 1.30. The fourth-order valence-corrected chi connectivity index (χ4v) is 5.04. The Morgan fingerprint density at radius 1 is 1.31 bits per heavy atom. The number of carbonyl (C=O) groups is 3. The molecule has 2 aromatic carbocycles. The normalized spacial score (nSPS) is 14.9. The number of hydrogen-bond acceptors (Lipinski definition) is 7. The van der Waals surface area contributed by atoms with E-state index in [1.807, 2.05) is 0 Å². The van der Waals surface area contributed by atoms with Crippen LogP contribution >= 0.6 is 23.1 Å². The third-order valence-electron chi connectivity index (χ3n) is 5.51. The van der Waals surface area contributed by atoms with Crippen molar-refractivity contribution in [3.8, 4) is 0 Å². The van der Waals surface area contributed by atoms with Gasteiger partial charge in [0.2, 0.25) is 11.7 Å². The predicted octanol–water partition coefficient (Wildman–Crippen LogP) is 4.07. The van der Waals surface area contributed by atoms with E-state index in [9.17, 15) is 23.2 Å². The molecule has 5 rings (SSSR count). The first kappa shape index (κ1) is 23.8. The standard InChI is InChI=1S/C23H16ClF2N5O4S/c1-2-35-23(34)21-28-20(29-22(33)17-11-8-10(25)6-7-14(11)36-30-17)19-18(27-15(32)9-31(19)21)16-12(24)4-3-5-13(16)26/h3-8,18H,2,9H2,1H3,(H,27,32)(H,29,33). The minimum atomic E-state index is -1.18. The summed E-state index contributed by atoms with van der Waals surface area (Å²) < 4.78 is 39.7. The van der Waals surface area contributed by atoms with Crippen LogP contribution in [0.4, 0.5) is 14.6 Å². The number of aromatic nitrogens is 3. The zero-order chi connectivity index (χ0) is 25.6. The van der Waals surface area contributed by atoms with Gasteiger partial charge in [0.25, 0.3) is 5.91 Å². The fraction of sp³-hybridized carbons (Fsp3) is 0.174. The summed E-state index contributed by atoms with van der Waals surface area (Å²) in [5.74, 6) is -3.76. The molecule has 0 spiro atoms. The minimum absolute atomic E-state index is 0.0193. The molecule has 0 aliphatic carbocycles. The Morgan fingerprint density at radius 2 is 2.11 bits per heavy atom. The van der Waals surface area contributed by atoms with Crippen molar-refractivity contribution in [3.63, 3.8) is 0 Å². The van der Waals surface area contributed by atoms with Crippen LogP contribution < -0.4 is 10.6 Å². The molecule has 1 unspecified atom stereocenters. The fourth-order valence-electron chi connectivity index (χ4n) is 4.02. The van der Waals surface area contributed by atoms with Gasteiger partial charge < -0.3 is 19.9 Å². The van der Waals surface area contributed by atoms with E-state index < -0.39 is 35.5 Å². The molecule has 3 heterocycles. The summed E-state index contributed by atoms with van der Waals surface area (Å²) in [7, 11) is 0. The largest absolute Gasteiger partial charge is 0.460 e. The van der Waals surface area contributed by atoms with E-state index in [0.717, 1.165) is 11.5 Å². The molecule has 0 fully saturated rings. The van der Waals surface area contributed by atoms with Crippen molar-refractivity contribution in [1.29, 1.82) is 0 Å². The second-order valence-electron chi connectivity index (χ2n) is 7.74. The summed E-state index contributed by atoms with van der Waals surface area (Å²) in [5, 5.41) is 5.54. The van der Waals surface area contributed by atoms with Gasteiger partial charge in [-0.15, -0.1) is 0 Å². The Bertz CT molecular complexity index is 1530. The Labute approximate surface area is 211 Å². The molecule has 1 aliphatic rings. The van der Waals surface area contributed by atoms with Crippen LogP contribution in [0, 0.1) is 11.6 Å². The number of carbonyl (C=O) groups excluding carboxylic acids is 3. The number of anilines is 1. The summed E-state index contributed by atoms with van der Waals surface area (Å²) >= 11 is 7.28. The maximum absolute atomic E-state index is 14.9. The molecular formula is C23H16ClF2N5O4S. The van der Waals surface area contributed by atoms with Crippen LogP contribution in [-0.2, 0) is 16.1 Å². The van der Waals surface area contributed by atoms with Crippen molar-refractivity contribution in [2.45, 2.75) is 19.5 Å². The lowest BCUT2D eigenvalue weighted by atomic mass is 10.0. The molecule has 0 saturated heterocycles. The van der Waals surface area contributed by atoms with Crippen molar-refractivity contribution >= 4 is 56.8 Å². The van der Waals surface area contributed by atoms with E-state index in [1.165, 1.54) is 41.0 Å². The minimum Gasteiger partial charge on any atom is -0.460 e. The van der Waals surface area contributed by atoms with Crippen LogP contribution in [0.5, 0.6) is 0 Å². The number of halogens is 3. The SMILES string of the molecule is CCOC(=O)c1nc(NC(=O)c2nsc3ccc(F)cc23)c2n1CC(=O)NC2c1c(F)cccc1Cl. The van der Waals surface area contributed by atoms with Crippen LogP contribution in [-0.4, -0.2) is 38.3 Å². The molecular weight excluding hydrogens is 516 g/mol. The molecule has 36 heavy (non-hydrogen) atoms. The van der Waals surface area contributed by atoms with E-state index in [4.69, 9.17) is 16.3 Å². The maximum atomic E-state index is 14.9. The number of hydrogen-bond donors (Lipinski definition) is 2. The van der Waals surface area contributed by atoms with Gasteiger partial charge in [-0.2, -0.15) is 4.37 Å². The molecule has 184 valence electrons. The number of fused-ring (bicyclic) bond motifs is 2. The highest BCUT2D eigenvalue weighted by molar-refractivity contribution is 7.13. The number of benzene rings is 2. The Hall–Kier alpha value is -3.90. The van der Waals surface area contributed by atoms with Crippen molar-refractivity contribution in [3.05, 3.63) is 75.8 Å². The Kier molecular flexibility index (Phi) is 6.14. The van der Waals surface area contributed by atoms with Gasteiger partial charge in [-0.05, 0) is 48.8 Å². The molecule has 2 aromatic heterocycles. The number of nitrogens with one attached hydrogen (secondary N) is 2. The molecule has 0 saturated carbocycles. The second kappa shape index (κ2) is 9.28. The second-order valence-corrected chi connectivity index (χ2v) is 8.95. The van der Waals surface area contributed by atoms with Crippen LogP contribution in [0.1, 0.15) is 45.3 Å². The zero-order valence-electron chi connectivity index (χ0n) is 18.5. The lowest BCUT2D eigenvalue weighted by Crippen LogP contribution is -2.40. The molecule has 13 heteroatoms. The average molecular weight is 532 g/mol. The number of amides is 2. The van der Waals surface area contributed by atoms with Gasteiger partial charge in [-0.3, -0.25) is 9.59 Å². The molecule has 1 aliphatic heterocycles. The lowest BCUT2D eigenvalue weighted by Gasteiger charge is -2.28. The van der Waals surface area contributed by atoms with Crippen LogP contribution in [0.25, 0.3) is 10.1 Å². The van der Waals surface area contributed by atoms with Gasteiger partial charge in [0, 0.05) is 16.0 Å². The third-order valence-corrected chi connectivity index (χ3v) is 6.67. The van der Waals surface area contributed by atoms with Crippen LogP contribution in [0.15, 0.2) is 36.4 Å².